The van der Waals surface area contributed by atoms with Crippen molar-refractivity contribution in [3.63, 3.8) is 0 Å². The smallest absolute Gasteiger partial charge is 0.221 e. The van der Waals surface area contributed by atoms with Crippen LogP contribution in [0.25, 0.3) is 0 Å². The average Bonchev–Trinajstić information content (AvgIpc) is 2.97. The van der Waals surface area contributed by atoms with Crippen LogP contribution >= 0.6 is 0 Å². The second-order valence-corrected chi connectivity index (χ2v) is 5.66. The second kappa shape index (κ2) is 6.70. The second-order valence-electron chi connectivity index (χ2n) is 5.66. The van der Waals surface area contributed by atoms with Crippen LogP contribution in [0.3, 0.4) is 0 Å². The van der Waals surface area contributed by atoms with E-state index in [0.717, 1.165) is 25.3 Å². The Bertz CT molecular complexity index is 407. The molecule has 19 heavy (non-hydrogen) atoms. The van der Waals surface area contributed by atoms with Crippen molar-refractivity contribution in [3.8, 4) is 0 Å². The zero-order valence-electron chi connectivity index (χ0n) is 11.9. The van der Waals surface area contributed by atoms with Crippen molar-refractivity contribution in [3.05, 3.63) is 18.2 Å². The molecule has 5 heteroatoms. The van der Waals surface area contributed by atoms with E-state index < -0.39 is 0 Å². The van der Waals surface area contributed by atoms with E-state index in [4.69, 9.17) is 0 Å². The standard InChI is InChI=1S/C14H24N4O/c1-11(2)10-18-7-6-16-13(18)9-17-14(19)8-12-4-3-5-15-12/h6-7,11-12,15H,3-5,8-10H2,1-2H3,(H,17,19). The van der Waals surface area contributed by atoms with Crippen molar-refractivity contribution < 1.29 is 4.79 Å². The normalized spacial score (nSPS) is 19.0. The molecule has 2 N–H and O–H groups in total. The highest BCUT2D eigenvalue weighted by Crippen LogP contribution is 2.08. The summed E-state index contributed by atoms with van der Waals surface area (Å²) in [5, 5.41) is 6.30. The van der Waals surface area contributed by atoms with Gasteiger partial charge in [0.15, 0.2) is 0 Å². The number of carbonyl (C=O) groups is 1. The molecule has 5 nitrogen and oxygen atoms in total. The lowest BCUT2D eigenvalue weighted by Gasteiger charge is -2.12. The van der Waals surface area contributed by atoms with Crippen LogP contribution in [0, 0.1) is 5.92 Å². The van der Waals surface area contributed by atoms with Crippen molar-refractivity contribution in [2.45, 2.75) is 52.2 Å². The summed E-state index contributed by atoms with van der Waals surface area (Å²) in [5.74, 6) is 1.62. The maximum absolute atomic E-state index is 11.8. The average molecular weight is 264 g/mol. The highest BCUT2D eigenvalue weighted by molar-refractivity contribution is 5.76. The summed E-state index contributed by atoms with van der Waals surface area (Å²) in [6.07, 6.45) is 6.62. The Labute approximate surface area is 114 Å². The molecular formula is C14H24N4O. The SMILES string of the molecule is CC(C)Cn1ccnc1CNC(=O)CC1CCCN1. The van der Waals surface area contributed by atoms with Crippen LogP contribution in [0.1, 0.15) is 38.9 Å². The van der Waals surface area contributed by atoms with E-state index in [0.29, 0.717) is 24.9 Å². The van der Waals surface area contributed by atoms with Crippen molar-refractivity contribution in [1.29, 1.82) is 0 Å². The molecule has 0 spiro atoms. The van der Waals surface area contributed by atoms with E-state index in [1.807, 2.05) is 6.20 Å². The van der Waals surface area contributed by atoms with Gasteiger partial charge < -0.3 is 15.2 Å². The monoisotopic (exact) mass is 264 g/mol. The number of hydrogen-bond donors (Lipinski definition) is 2. The number of hydrogen-bond acceptors (Lipinski definition) is 3. The number of amides is 1. The summed E-state index contributed by atoms with van der Waals surface area (Å²) in [6, 6.07) is 0.357. The molecule has 1 atom stereocenters. The molecule has 1 aromatic heterocycles. The van der Waals surface area contributed by atoms with Crippen LogP contribution in [0.2, 0.25) is 0 Å². The number of nitrogens with one attached hydrogen (secondary N) is 2. The van der Waals surface area contributed by atoms with E-state index in [1.165, 1.54) is 6.42 Å². The molecule has 0 aromatic carbocycles. The fourth-order valence-corrected chi connectivity index (χ4v) is 2.47. The van der Waals surface area contributed by atoms with Crippen LogP contribution in [-0.2, 0) is 17.9 Å². The predicted molar refractivity (Wildman–Crippen MR) is 74.6 cm³/mol. The van der Waals surface area contributed by atoms with Gasteiger partial charge in [-0.1, -0.05) is 13.8 Å². The number of nitrogens with zero attached hydrogens (tertiary/aromatic N) is 2. The Morgan fingerprint density at radius 3 is 3.16 bits per heavy atom. The molecule has 0 bridgehead atoms. The fraction of sp³-hybridized carbons (Fsp3) is 0.714. The van der Waals surface area contributed by atoms with E-state index in [9.17, 15) is 4.79 Å². The molecule has 106 valence electrons. The minimum absolute atomic E-state index is 0.110. The number of aromatic nitrogens is 2. The van der Waals surface area contributed by atoms with Gasteiger partial charge in [-0.2, -0.15) is 0 Å². The molecule has 1 aliphatic rings. The zero-order valence-corrected chi connectivity index (χ0v) is 11.9. The van der Waals surface area contributed by atoms with E-state index in [2.05, 4.69) is 34.0 Å². The highest BCUT2D eigenvalue weighted by Gasteiger charge is 2.17. The predicted octanol–water partition coefficient (Wildman–Crippen LogP) is 1.30. The molecular weight excluding hydrogens is 240 g/mol. The fourth-order valence-electron chi connectivity index (χ4n) is 2.47. The van der Waals surface area contributed by atoms with E-state index >= 15 is 0 Å². The lowest BCUT2D eigenvalue weighted by Crippen LogP contribution is -2.32. The van der Waals surface area contributed by atoms with Gasteiger partial charge in [0.05, 0.1) is 6.54 Å². The van der Waals surface area contributed by atoms with E-state index in [-0.39, 0.29) is 5.91 Å². The van der Waals surface area contributed by atoms with Gasteiger partial charge in [0.25, 0.3) is 0 Å². The van der Waals surface area contributed by atoms with E-state index in [1.54, 1.807) is 6.20 Å². The zero-order chi connectivity index (χ0) is 13.7. The first-order valence-corrected chi connectivity index (χ1v) is 7.15. The number of imidazole rings is 1. The van der Waals surface area contributed by atoms with Crippen LogP contribution in [-0.4, -0.2) is 28.0 Å². The molecule has 0 radical (unpaired) electrons. The molecule has 1 unspecified atom stereocenters. The Morgan fingerprint density at radius 2 is 2.47 bits per heavy atom. The van der Waals surface area contributed by atoms with Crippen molar-refractivity contribution in [2.24, 2.45) is 5.92 Å². The van der Waals surface area contributed by atoms with Crippen LogP contribution in [0.5, 0.6) is 0 Å². The molecule has 0 saturated carbocycles. The molecule has 1 amide bonds. The van der Waals surface area contributed by atoms with Crippen LogP contribution in [0.4, 0.5) is 0 Å². The number of carbonyl (C=O) groups excluding carboxylic acids is 1. The van der Waals surface area contributed by atoms with Crippen LogP contribution < -0.4 is 10.6 Å². The largest absolute Gasteiger partial charge is 0.349 e. The summed E-state index contributed by atoms with van der Waals surface area (Å²) in [7, 11) is 0. The first kappa shape index (κ1) is 14.1. The minimum atomic E-state index is 0.110. The molecule has 1 aromatic rings. The highest BCUT2D eigenvalue weighted by atomic mass is 16.1. The Kier molecular flexibility index (Phi) is 4.96. The summed E-state index contributed by atoms with van der Waals surface area (Å²) in [6.45, 7) is 6.85. The maximum Gasteiger partial charge on any atom is 0.221 e. The van der Waals surface area contributed by atoms with Crippen LogP contribution in [0.15, 0.2) is 12.4 Å². The van der Waals surface area contributed by atoms with Gasteiger partial charge in [0.1, 0.15) is 5.82 Å². The molecule has 2 heterocycles. The van der Waals surface area contributed by atoms with Gasteiger partial charge in [0, 0.05) is 31.4 Å². The number of rotatable bonds is 6. The molecule has 2 rings (SSSR count). The van der Waals surface area contributed by atoms with Gasteiger partial charge in [-0.15, -0.1) is 0 Å². The van der Waals surface area contributed by atoms with Gasteiger partial charge in [-0.3, -0.25) is 4.79 Å². The van der Waals surface area contributed by atoms with Crippen molar-refractivity contribution >= 4 is 5.91 Å². The molecule has 1 fully saturated rings. The lowest BCUT2D eigenvalue weighted by molar-refractivity contribution is -0.121. The Balaban J connectivity index is 1.78. The van der Waals surface area contributed by atoms with Gasteiger partial charge in [0.2, 0.25) is 5.91 Å². The summed E-state index contributed by atoms with van der Waals surface area (Å²) < 4.78 is 2.11. The maximum atomic E-state index is 11.8. The Morgan fingerprint density at radius 1 is 1.63 bits per heavy atom. The summed E-state index contributed by atoms with van der Waals surface area (Å²) >= 11 is 0. The molecule has 1 aliphatic heterocycles. The van der Waals surface area contributed by atoms with Gasteiger partial charge in [-0.05, 0) is 25.3 Å². The summed E-state index contributed by atoms with van der Waals surface area (Å²) in [5.41, 5.74) is 0. The minimum Gasteiger partial charge on any atom is -0.349 e. The third-order valence-corrected chi connectivity index (χ3v) is 3.40. The van der Waals surface area contributed by atoms with Gasteiger partial charge in [-0.25, -0.2) is 4.98 Å². The Hall–Kier alpha value is -1.36. The molecule has 0 aliphatic carbocycles. The van der Waals surface area contributed by atoms with Crippen molar-refractivity contribution in [1.82, 2.24) is 20.2 Å². The topological polar surface area (TPSA) is 59.0 Å². The first-order chi connectivity index (χ1) is 9.15. The molecule has 1 saturated heterocycles. The quantitative estimate of drug-likeness (QED) is 0.814. The summed E-state index contributed by atoms with van der Waals surface area (Å²) in [4.78, 5) is 16.1. The lowest BCUT2D eigenvalue weighted by atomic mass is 10.1. The third kappa shape index (κ3) is 4.35. The third-order valence-electron chi connectivity index (χ3n) is 3.40. The van der Waals surface area contributed by atoms with Gasteiger partial charge >= 0.3 is 0 Å². The van der Waals surface area contributed by atoms with Crippen molar-refractivity contribution in [2.75, 3.05) is 6.54 Å². The first-order valence-electron chi connectivity index (χ1n) is 7.15.